The van der Waals surface area contributed by atoms with Crippen LogP contribution in [0.2, 0.25) is 0 Å². The first-order chi connectivity index (χ1) is 6.13. The van der Waals surface area contributed by atoms with E-state index in [0.717, 1.165) is 19.5 Å². The van der Waals surface area contributed by atoms with Gasteiger partial charge in [-0.25, -0.2) is 0 Å². The maximum atomic E-state index is 11.0. The molecule has 0 spiro atoms. The zero-order valence-corrected chi connectivity index (χ0v) is 8.84. The van der Waals surface area contributed by atoms with Crippen molar-refractivity contribution in [1.29, 1.82) is 0 Å². The molecule has 0 radical (unpaired) electrons. The fraction of sp³-hybridized carbons (Fsp3) is 0.900. The van der Waals surface area contributed by atoms with Crippen LogP contribution < -0.4 is 5.32 Å². The number of carbonyl (C=O) groups is 1. The first-order valence-electron chi connectivity index (χ1n) is 5.17. The lowest BCUT2D eigenvalue weighted by Gasteiger charge is -2.27. The van der Waals surface area contributed by atoms with Gasteiger partial charge in [-0.15, -0.1) is 0 Å². The Morgan fingerprint density at radius 3 is 2.77 bits per heavy atom. The molecular formula is C10H22N2O. The number of hydrogen-bond donors (Lipinski definition) is 1. The molecule has 1 saturated heterocycles. The van der Waals surface area contributed by atoms with Crippen LogP contribution in [0.4, 0.5) is 0 Å². The topological polar surface area (TPSA) is 32.3 Å². The van der Waals surface area contributed by atoms with Gasteiger partial charge in [-0.1, -0.05) is 6.92 Å². The predicted molar refractivity (Wildman–Crippen MR) is 55.7 cm³/mol. The van der Waals surface area contributed by atoms with E-state index in [1.165, 1.54) is 0 Å². The highest BCUT2D eigenvalue weighted by molar-refractivity contribution is 5.78. The van der Waals surface area contributed by atoms with Crippen LogP contribution in [0.15, 0.2) is 0 Å². The van der Waals surface area contributed by atoms with E-state index < -0.39 is 0 Å². The van der Waals surface area contributed by atoms with Gasteiger partial charge in [-0.05, 0) is 26.8 Å². The molecule has 1 aliphatic heterocycles. The number of nitrogens with one attached hydrogen (secondary N) is 1. The van der Waals surface area contributed by atoms with Crippen LogP contribution in [0.25, 0.3) is 0 Å². The molecule has 13 heavy (non-hydrogen) atoms. The minimum atomic E-state index is 0. The van der Waals surface area contributed by atoms with Crippen LogP contribution in [0.5, 0.6) is 0 Å². The highest BCUT2D eigenvalue weighted by Gasteiger charge is 2.23. The summed E-state index contributed by atoms with van der Waals surface area (Å²) in [5, 5.41) is 2.99. The zero-order valence-electron chi connectivity index (χ0n) is 8.84. The number of likely N-dealkylation sites (N-methyl/N-ethyl adjacent to an activating group) is 1. The van der Waals surface area contributed by atoms with E-state index in [1.54, 1.807) is 0 Å². The molecule has 0 bridgehead atoms. The van der Waals surface area contributed by atoms with Gasteiger partial charge >= 0.3 is 0 Å². The monoisotopic (exact) mass is 186 g/mol. The van der Waals surface area contributed by atoms with Crippen molar-refractivity contribution < 1.29 is 6.22 Å². The fourth-order valence-corrected chi connectivity index (χ4v) is 1.80. The van der Waals surface area contributed by atoms with Crippen molar-refractivity contribution in [2.75, 3.05) is 13.1 Å². The van der Waals surface area contributed by atoms with E-state index in [0.29, 0.717) is 18.5 Å². The smallest absolute Gasteiger partial charge is 0.220 e. The van der Waals surface area contributed by atoms with Crippen molar-refractivity contribution in [1.82, 2.24) is 10.2 Å². The lowest BCUT2D eigenvalue weighted by molar-refractivity contribution is -0.119. The molecule has 0 unspecified atom stereocenters. The molecule has 0 saturated carbocycles. The average Bonchev–Trinajstić information content (AvgIpc) is 2.46. The van der Waals surface area contributed by atoms with Crippen LogP contribution in [0.1, 0.15) is 35.0 Å². The number of rotatable bonds is 4. The standard InChI is InChI=1S/C10H20N2O.H2/c1-4-12(8(2)3)7-9-5-6-10(13)11-9;/h8-9H,4-7H2,1-3H3,(H,11,13);1H/t9-;/m1./s1. The number of nitrogens with zero attached hydrogens (tertiary/aromatic N) is 1. The molecule has 3 heteroatoms. The lowest BCUT2D eigenvalue weighted by Crippen LogP contribution is -2.41. The van der Waals surface area contributed by atoms with E-state index in [2.05, 4.69) is 31.0 Å². The summed E-state index contributed by atoms with van der Waals surface area (Å²) in [6.45, 7) is 8.61. The van der Waals surface area contributed by atoms with E-state index in [-0.39, 0.29) is 7.33 Å². The summed E-state index contributed by atoms with van der Waals surface area (Å²) in [5.41, 5.74) is 0. The molecule has 3 nitrogen and oxygen atoms in total. The van der Waals surface area contributed by atoms with Gasteiger partial charge < -0.3 is 5.32 Å². The maximum absolute atomic E-state index is 11.0. The van der Waals surface area contributed by atoms with Gasteiger partial charge in [0, 0.05) is 26.5 Å². The highest BCUT2D eigenvalue weighted by Crippen LogP contribution is 2.09. The molecule has 1 atom stereocenters. The van der Waals surface area contributed by atoms with Crippen molar-refractivity contribution in [2.24, 2.45) is 0 Å². The minimum Gasteiger partial charge on any atom is -0.352 e. The summed E-state index contributed by atoms with van der Waals surface area (Å²) in [4.78, 5) is 13.3. The third-order valence-electron chi connectivity index (χ3n) is 2.68. The Morgan fingerprint density at radius 2 is 2.38 bits per heavy atom. The van der Waals surface area contributed by atoms with Crippen LogP contribution >= 0.6 is 0 Å². The Hall–Kier alpha value is -0.570. The van der Waals surface area contributed by atoms with Crippen molar-refractivity contribution in [3.63, 3.8) is 0 Å². The average molecular weight is 186 g/mol. The normalized spacial score (nSPS) is 22.8. The predicted octanol–water partition coefficient (Wildman–Crippen LogP) is 1.24. The number of amides is 1. The molecule has 1 heterocycles. The number of hydrogen-bond acceptors (Lipinski definition) is 2. The SMILES string of the molecule is CCN(C[C@H]1CCC(=O)N1)C(C)C.[HH]. The van der Waals surface area contributed by atoms with Crippen LogP contribution in [0, 0.1) is 0 Å². The second-order valence-electron chi connectivity index (χ2n) is 3.98. The van der Waals surface area contributed by atoms with Gasteiger partial charge in [-0.3, -0.25) is 9.69 Å². The molecule has 1 rings (SSSR count). The summed E-state index contributed by atoms with van der Waals surface area (Å²) in [6.07, 6.45) is 1.71. The van der Waals surface area contributed by atoms with E-state index >= 15 is 0 Å². The van der Waals surface area contributed by atoms with Crippen LogP contribution in [-0.4, -0.2) is 36.0 Å². The maximum Gasteiger partial charge on any atom is 0.220 e. The van der Waals surface area contributed by atoms with Crippen molar-refractivity contribution >= 4 is 5.91 Å². The first kappa shape index (κ1) is 10.5. The van der Waals surface area contributed by atoms with Crippen molar-refractivity contribution in [3.8, 4) is 0 Å². The quantitative estimate of drug-likeness (QED) is 0.716. The van der Waals surface area contributed by atoms with Crippen LogP contribution in [0.3, 0.4) is 0 Å². The Morgan fingerprint density at radius 1 is 1.69 bits per heavy atom. The number of carbonyl (C=O) groups excluding carboxylic acids is 1. The van der Waals surface area contributed by atoms with Crippen LogP contribution in [-0.2, 0) is 4.79 Å². The minimum absolute atomic E-state index is 0. The fourth-order valence-electron chi connectivity index (χ4n) is 1.80. The molecule has 0 aromatic heterocycles. The van der Waals surface area contributed by atoms with E-state index in [1.807, 2.05) is 0 Å². The first-order valence-corrected chi connectivity index (χ1v) is 5.17. The third kappa shape index (κ3) is 2.99. The molecule has 78 valence electrons. The zero-order chi connectivity index (χ0) is 9.84. The third-order valence-corrected chi connectivity index (χ3v) is 2.68. The van der Waals surface area contributed by atoms with Crippen molar-refractivity contribution in [3.05, 3.63) is 0 Å². The van der Waals surface area contributed by atoms with Gasteiger partial charge in [0.2, 0.25) is 5.91 Å². The Kier molecular flexibility index (Phi) is 3.72. The highest BCUT2D eigenvalue weighted by atomic mass is 16.1. The second-order valence-corrected chi connectivity index (χ2v) is 3.98. The van der Waals surface area contributed by atoms with Crippen molar-refractivity contribution in [2.45, 2.75) is 45.7 Å². The molecule has 0 aromatic rings. The summed E-state index contributed by atoms with van der Waals surface area (Å²) >= 11 is 0. The molecular weight excluding hydrogens is 164 g/mol. The molecule has 1 fully saturated rings. The van der Waals surface area contributed by atoms with Gasteiger partial charge in [0.05, 0.1) is 0 Å². The van der Waals surface area contributed by atoms with E-state index in [4.69, 9.17) is 0 Å². The van der Waals surface area contributed by atoms with Gasteiger partial charge in [-0.2, -0.15) is 0 Å². The molecule has 1 amide bonds. The second kappa shape index (κ2) is 4.61. The summed E-state index contributed by atoms with van der Waals surface area (Å²) < 4.78 is 0. The van der Waals surface area contributed by atoms with Gasteiger partial charge in [0.15, 0.2) is 0 Å². The lowest BCUT2D eigenvalue weighted by atomic mass is 10.2. The Balaban J connectivity index is 0.00000169. The largest absolute Gasteiger partial charge is 0.352 e. The molecule has 1 aliphatic rings. The summed E-state index contributed by atoms with van der Waals surface area (Å²) in [6, 6.07) is 0.956. The summed E-state index contributed by atoms with van der Waals surface area (Å²) in [7, 11) is 0. The molecule has 0 aliphatic carbocycles. The van der Waals surface area contributed by atoms with Gasteiger partial charge in [0.25, 0.3) is 0 Å². The Labute approximate surface area is 82.0 Å². The van der Waals surface area contributed by atoms with E-state index in [9.17, 15) is 4.79 Å². The molecule has 0 aromatic carbocycles. The molecule has 1 N–H and O–H groups in total. The summed E-state index contributed by atoms with van der Waals surface area (Å²) in [5.74, 6) is 0.213. The van der Waals surface area contributed by atoms with Gasteiger partial charge in [0.1, 0.15) is 0 Å². The Bertz CT molecular complexity index is 185.